The molecule has 0 aliphatic rings. The topological polar surface area (TPSA) is 47.6 Å². The molecule has 88 valence electrons. The molecule has 1 aromatic rings. The average Bonchev–Trinajstić information content (AvgIpc) is 2.38. The van der Waals surface area contributed by atoms with Crippen LogP contribution in [0.25, 0.3) is 0 Å². The zero-order valence-electron chi connectivity index (χ0n) is 10.7. The summed E-state index contributed by atoms with van der Waals surface area (Å²) in [5.74, 6) is 0.558. The largest absolute Gasteiger partial charge is 0.197 e. The molecule has 1 atom stereocenters. The molecule has 1 rings (SSSR count). The average molecular weight is 226 g/mol. The van der Waals surface area contributed by atoms with Crippen LogP contribution in [-0.4, -0.2) is 0 Å². The van der Waals surface area contributed by atoms with Crippen LogP contribution in [-0.2, 0) is 6.42 Å². The maximum atomic E-state index is 8.95. The van der Waals surface area contributed by atoms with E-state index < -0.39 is 5.41 Å². The lowest BCUT2D eigenvalue weighted by Gasteiger charge is -2.13. The Bertz CT molecular complexity index is 431. The molecule has 0 bridgehead atoms. The van der Waals surface area contributed by atoms with Gasteiger partial charge >= 0.3 is 0 Å². The van der Waals surface area contributed by atoms with Crippen molar-refractivity contribution in [2.75, 3.05) is 0 Å². The highest BCUT2D eigenvalue weighted by Crippen LogP contribution is 2.23. The second-order valence-electron chi connectivity index (χ2n) is 4.78. The number of benzene rings is 1. The predicted molar refractivity (Wildman–Crippen MR) is 68.2 cm³/mol. The molecule has 0 aliphatic carbocycles. The Morgan fingerprint density at radius 3 is 2.12 bits per heavy atom. The standard InChI is InChI=1S/C15H18N2/c1-4-12(2)14-7-5-13(6-8-14)9-15(3,10-16)11-17/h5-8,12H,4,9H2,1-3H3. The molecule has 17 heavy (non-hydrogen) atoms. The van der Waals surface area contributed by atoms with Gasteiger partial charge in [-0.05, 0) is 30.4 Å². The van der Waals surface area contributed by atoms with Crippen molar-refractivity contribution in [2.24, 2.45) is 5.41 Å². The lowest BCUT2D eigenvalue weighted by molar-refractivity contribution is 0.580. The van der Waals surface area contributed by atoms with Crippen molar-refractivity contribution in [1.82, 2.24) is 0 Å². The minimum atomic E-state index is -0.919. The molecular formula is C15H18N2. The van der Waals surface area contributed by atoms with Crippen molar-refractivity contribution in [3.63, 3.8) is 0 Å². The fraction of sp³-hybridized carbons (Fsp3) is 0.467. The molecule has 0 saturated carbocycles. The van der Waals surface area contributed by atoms with E-state index in [4.69, 9.17) is 10.5 Å². The number of hydrogen-bond acceptors (Lipinski definition) is 2. The summed E-state index contributed by atoms with van der Waals surface area (Å²) in [6.45, 7) is 6.04. The summed E-state index contributed by atoms with van der Waals surface area (Å²) < 4.78 is 0. The first-order chi connectivity index (χ1) is 8.04. The zero-order valence-corrected chi connectivity index (χ0v) is 10.7. The van der Waals surface area contributed by atoms with Crippen LogP contribution in [0.5, 0.6) is 0 Å². The van der Waals surface area contributed by atoms with E-state index in [2.05, 4.69) is 38.1 Å². The fourth-order valence-corrected chi connectivity index (χ4v) is 1.71. The van der Waals surface area contributed by atoms with E-state index in [-0.39, 0.29) is 0 Å². The van der Waals surface area contributed by atoms with Gasteiger partial charge in [0.05, 0.1) is 12.1 Å². The van der Waals surface area contributed by atoms with Gasteiger partial charge < -0.3 is 0 Å². The number of nitriles is 2. The van der Waals surface area contributed by atoms with E-state index >= 15 is 0 Å². The van der Waals surface area contributed by atoms with E-state index in [9.17, 15) is 0 Å². The van der Waals surface area contributed by atoms with Crippen molar-refractivity contribution >= 4 is 0 Å². The molecule has 2 nitrogen and oxygen atoms in total. The first-order valence-corrected chi connectivity index (χ1v) is 5.96. The summed E-state index contributed by atoms with van der Waals surface area (Å²) in [5, 5.41) is 17.9. The molecule has 0 spiro atoms. The number of nitrogens with zero attached hydrogens (tertiary/aromatic N) is 2. The molecule has 0 saturated heterocycles. The van der Waals surface area contributed by atoms with E-state index in [0.29, 0.717) is 12.3 Å². The summed E-state index contributed by atoms with van der Waals surface area (Å²) in [6.07, 6.45) is 1.61. The van der Waals surface area contributed by atoms with Crippen LogP contribution in [0.15, 0.2) is 24.3 Å². The third kappa shape index (κ3) is 3.33. The molecule has 0 amide bonds. The van der Waals surface area contributed by atoms with Crippen LogP contribution in [0.4, 0.5) is 0 Å². The van der Waals surface area contributed by atoms with Crippen molar-refractivity contribution in [1.29, 1.82) is 10.5 Å². The zero-order chi connectivity index (χ0) is 12.9. The molecule has 0 heterocycles. The van der Waals surface area contributed by atoms with Gasteiger partial charge in [0.25, 0.3) is 0 Å². The van der Waals surface area contributed by atoms with Gasteiger partial charge in [-0.3, -0.25) is 0 Å². The van der Waals surface area contributed by atoms with Gasteiger partial charge in [-0.2, -0.15) is 10.5 Å². The highest BCUT2D eigenvalue weighted by atomic mass is 14.4. The van der Waals surface area contributed by atoms with Crippen molar-refractivity contribution in [3.05, 3.63) is 35.4 Å². The van der Waals surface area contributed by atoms with Crippen molar-refractivity contribution in [2.45, 2.75) is 39.5 Å². The Balaban J connectivity index is 2.84. The van der Waals surface area contributed by atoms with E-state index in [1.54, 1.807) is 6.92 Å². The van der Waals surface area contributed by atoms with Gasteiger partial charge in [0.2, 0.25) is 0 Å². The molecule has 1 unspecified atom stereocenters. The molecule has 0 radical (unpaired) electrons. The van der Waals surface area contributed by atoms with Gasteiger partial charge in [-0.1, -0.05) is 38.1 Å². The van der Waals surface area contributed by atoms with Crippen LogP contribution in [0.3, 0.4) is 0 Å². The van der Waals surface area contributed by atoms with Crippen LogP contribution < -0.4 is 0 Å². The number of rotatable bonds is 4. The highest BCUT2D eigenvalue weighted by molar-refractivity contribution is 5.28. The summed E-state index contributed by atoms with van der Waals surface area (Å²) >= 11 is 0. The highest BCUT2D eigenvalue weighted by Gasteiger charge is 2.23. The second kappa shape index (κ2) is 5.51. The quantitative estimate of drug-likeness (QED) is 0.784. The van der Waals surface area contributed by atoms with Gasteiger partial charge in [0, 0.05) is 6.42 Å². The monoisotopic (exact) mass is 226 g/mol. The van der Waals surface area contributed by atoms with Crippen LogP contribution in [0, 0.1) is 28.1 Å². The van der Waals surface area contributed by atoms with Gasteiger partial charge in [0.1, 0.15) is 5.41 Å². The second-order valence-corrected chi connectivity index (χ2v) is 4.78. The summed E-state index contributed by atoms with van der Waals surface area (Å²) in [5.41, 5.74) is 1.44. The SMILES string of the molecule is CCC(C)c1ccc(CC(C)(C#N)C#N)cc1. The van der Waals surface area contributed by atoms with Crippen LogP contribution >= 0.6 is 0 Å². The molecule has 1 aromatic carbocycles. The molecule has 0 aliphatic heterocycles. The minimum absolute atomic E-state index is 0.487. The lowest BCUT2D eigenvalue weighted by atomic mass is 9.86. The third-order valence-electron chi connectivity index (χ3n) is 3.21. The first kappa shape index (κ1) is 13.3. The Labute approximate surface area is 104 Å². The Hall–Kier alpha value is -1.80. The smallest absolute Gasteiger partial charge is 0.145 e. The van der Waals surface area contributed by atoms with Gasteiger partial charge in [0.15, 0.2) is 0 Å². The van der Waals surface area contributed by atoms with Crippen LogP contribution in [0.1, 0.15) is 44.2 Å². The molecule has 0 fully saturated rings. The third-order valence-corrected chi connectivity index (χ3v) is 3.21. The van der Waals surface area contributed by atoms with Crippen molar-refractivity contribution < 1.29 is 0 Å². The summed E-state index contributed by atoms with van der Waals surface area (Å²) in [6, 6.07) is 12.4. The Kier molecular flexibility index (Phi) is 4.30. The van der Waals surface area contributed by atoms with Gasteiger partial charge in [-0.15, -0.1) is 0 Å². The Morgan fingerprint density at radius 1 is 1.18 bits per heavy atom. The molecular weight excluding hydrogens is 208 g/mol. The summed E-state index contributed by atoms with van der Waals surface area (Å²) in [7, 11) is 0. The normalized spacial score (nSPS) is 12.5. The Morgan fingerprint density at radius 2 is 1.71 bits per heavy atom. The minimum Gasteiger partial charge on any atom is -0.197 e. The molecule has 0 aromatic heterocycles. The number of hydrogen-bond donors (Lipinski definition) is 0. The van der Waals surface area contributed by atoms with E-state index in [1.165, 1.54) is 5.56 Å². The van der Waals surface area contributed by atoms with Gasteiger partial charge in [-0.25, -0.2) is 0 Å². The maximum Gasteiger partial charge on any atom is 0.145 e. The molecule has 2 heteroatoms. The lowest BCUT2D eigenvalue weighted by Crippen LogP contribution is -2.14. The summed E-state index contributed by atoms with van der Waals surface area (Å²) in [4.78, 5) is 0. The first-order valence-electron chi connectivity index (χ1n) is 5.96. The van der Waals surface area contributed by atoms with Crippen molar-refractivity contribution in [3.8, 4) is 12.1 Å². The maximum absolute atomic E-state index is 8.95. The predicted octanol–water partition coefficient (Wildman–Crippen LogP) is 3.80. The van der Waals surface area contributed by atoms with Crippen LogP contribution in [0.2, 0.25) is 0 Å². The van der Waals surface area contributed by atoms with E-state index in [1.807, 2.05) is 12.1 Å². The fourth-order valence-electron chi connectivity index (χ4n) is 1.71. The van der Waals surface area contributed by atoms with E-state index in [0.717, 1.165) is 12.0 Å². The molecule has 0 N–H and O–H groups in total.